The van der Waals surface area contributed by atoms with Crippen molar-refractivity contribution in [3.05, 3.63) is 12.2 Å². The highest BCUT2D eigenvalue weighted by Gasteiger charge is 2.60. The van der Waals surface area contributed by atoms with Crippen molar-refractivity contribution < 1.29 is 28.5 Å². The van der Waals surface area contributed by atoms with Gasteiger partial charge in [-0.2, -0.15) is 0 Å². The molecular weight excluding hydrogens is 458 g/mol. The van der Waals surface area contributed by atoms with Crippen LogP contribution in [0.15, 0.2) is 12.2 Å². The predicted octanol–water partition coefficient (Wildman–Crippen LogP) is 4.74. The zero-order valence-electron chi connectivity index (χ0n) is 22.9. The standard InChI is InChI=1S/C29H47NO6/c1-6-34-26(32)18-30(17-25(31)33-5)16-14-22-20(2)11-12-23-28(22,3)15-13-24-29(23,4)19-35-27(36-24)21-9-7-8-10-21/h21-24,27H,2,6-19H2,1,3-5H3/t22-,23?,24-,27-,28+,29+/m1/s1. The van der Waals surface area contributed by atoms with E-state index in [1.807, 2.05) is 4.90 Å². The Balaban J connectivity index is 1.46. The van der Waals surface area contributed by atoms with Crippen molar-refractivity contribution in [1.82, 2.24) is 4.90 Å². The van der Waals surface area contributed by atoms with E-state index < -0.39 is 0 Å². The first kappa shape index (κ1) is 27.6. The molecule has 0 spiro atoms. The van der Waals surface area contributed by atoms with Crippen LogP contribution in [0.2, 0.25) is 0 Å². The van der Waals surface area contributed by atoms with Gasteiger partial charge in [-0.25, -0.2) is 0 Å². The summed E-state index contributed by atoms with van der Waals surface area (Å²) in [4.78, 5) is 26.1. The number of carbonyl (C=O) groups excluding carboxylic acids is 2. The Morgan fingerprint density at radius 1 is 1.08 bits per heavy atom. The summed E-state index contributed by atoms with van der Waals surface area (Å²) in [5, 5.41) is 0. The van der Waals surface area contributed by atoms with Crippen molar-refractivity contribution in [3.63, 3.8) is 0 Å². The SMILES string of the molecule is C=C1CCC2[C@]3(C)CO[C@@H](C4CCCC4)O[C@@H]3CC[C@@]2(C)[C@@H]1CCN(CC(=O)OC)CC(=O)OCC. The lowest BCUT2D eigenvalue weighted by Gasteiger charge is -2.63. The maximum Gasteiger partial charge on any atom is 0.320 e. The van der Waals surface area contributed by atoms with E-state index in [1.54, 1.807) is 6.92 Å². The van der Waals surface area contributed by atoms with Crippen LogP contribution in [0.3, 0.4) is 0 Å². The molecule has 0 aromatic carbocycles. The Hall–Kier alpha value is -1.44. The van der Waals surface area contributed by atoms with Crippen LogP contribution >= 0.6 is 0 Å². The Morgan fingerprint density at radius 3 is 2.50 bits per heavy atom. The molecule has 0 bridgehead atoms. The van der Waals surface area contributed by atoms with Crippen LogP contribution in [0.5, 0.6) is 0 Å². The molecule has 0 amide bonds. The third-order valence-electron chi connectivity index (χ3n) is 9.93. The summed E-state index contributed by atoms with van der Waals surface area (Å²) in [5.74, 6) is 0.718. The minimum absolute atomic E-state index is 0.00229. The van der Waals surface area contributed by atoms with Gasteiger partial charge in [-0.05, 0) is 75.7 Å². The van der Waals surface area contributed by atoms with Gasteiger partial charge in [0.25, 0.3) is 0 Å². The monoisotopic (exact) mass is 505 g/mol. The number of esters is 2. The summed E-state index contributed by atoms with van der Waals surface area (Å²) in [6, 6.07) is 0. The number of hydrogen-bond donors (Lipinski definition) is 0. The fraction of sp³-hybridized carbons (Fsp3) is 0.862. The highest BCUT2D eigenvalue weighted by atomic mass is 16.7. The fourth-order valence-electron chi connectivity index (χ4n) is 8.02. The summed E-state index contributed by atoms with van der Waals surface area (Å²) < 4.78 is 23.2. The van der Waals surface area contributed by atoms with Crippen LogP contribution in [-0.4, -0.2) is 69.2 Å². The number of methoxy groups -OCH3 is 1. The highest BCUT2D eigenvalue weighted by molar-refractivity contribution is 5.74. The largest absolute Gasteiger partial charge is 0.468 e. The van der Waals surface area contributed by atoms with Crippen molar-refractivity contribution in [2.45, 2.75) is 91.0 Å². The highest BCUT2D eigenvalue weighted by Crippen LogP contribution is 2.63. The van der Waals surface area contributed by atoms with Crippen molar-refractivity contribution in [3.8, 4) is 0 Å². The van der Waals surface area contributed by atoms with Crippen LogP contribution in [0.4, 0.5) is 0 Å². The molecule has 4 rings (SSSR count). The minimum Gasteiger partial charge on any atom is -0.468 e. The van der Waals surface area contributed by atoms with Gasteiger partial charge in [0, 0.05) is 11.3 Å². The fourth-order valence-corrected chi connectivity index (χ4v) is 8.02. The Bertz CT molecular complexity index is 810. The third kappa shape index (κ3) is 5.53. The van der Waals surface area contributed by atoms with Gasteiger partial charge < -0.3 is 18.9 Å². The van der Waals surface area contributed by atoms with E-state index in [2.05, 4.69) is 20.4 Å². The molecule has 0 radical (unpaired) electrons. The molecular formula is C29H47NO6. The van der Waals surface area contributed by atoms with Gasteiger partial charge >= 0.3 is 11.9 Å². The zero-order valence-corrected chi connectivity index (χ0v) is 22.9. The lowest BCUT2D eigenvalue weighted by atomic mass is 9.46. The Labute approximate surface area is 217 Å². The van der Waals surface area contributed by atoms with E-state index in [4.69, 9.17) is 18.9 Å². The lowest BCUT2D eigenvalue weighted by molar-refractivity contribution is -0.316. The van der Waals surface area contributed by atoms with Crippen molar-refractivity contribution in [2.24, 2.45) is 28.6 Å². The molecule has 0 N–H and O–H groups in total. The van der Waals surface area contributed by atoms with Crippen molar-refractivity contribution >= 4 is 11.9 Å². The van der Waals surface area contributed by atoms with Crippen molar-refractivity contribution in [2.75, 3.05) is 40.0 Å². The maximum absolute atomic E-state index is 12.2. The average molecular weight is 506 g/mol. The number of hydrogen-bond acceptors (Lipinski definition) is 7. The molecule has 1 aliphatic heterocycles. The van der Waals surface area contributed by atoms with E-state index in [1.165, 1.54) is 38.4 Å². The zero-order chi connectivity index (χ0) is 25.9. The van der Waals surface area contributed by atoms with Crippen LogP contribution in [0.25, 0.3) is 0 Å². The Morgan fingerprint density at radius 2 is 1.81 bits per heavy atom. The number of carbonyl (C=O) groups is 2. The normalized spacial score (nSPS) is 36.9. The number of fused-ring (bicyclic) bond motifs is 3. The second-order valence-corrected chi connectivity index (χ2v) is 12.1. The van der Waals surface area contributed by atoms with E-state index in [9.17, 15) is 9.59 Å². The molecule has 204 valence electrons. The summed E-state index contributed by atoms with van der Waals surface area (Å²) in [6.07, 6.45) is 10.4. The Kier molecular flexibility index (Phi) is 8.83. The van der Waals surface area contributed by atoms with E-state index in [0.717, 1.165) is 38.7 Å². The molecule has 4 aliphatic rings. The third-order valence-corrected chi connectivity index (χ3v) is 9.93. The van der Waals surface area contributed by atoms with Gasteiger partial charge in [0.2, 0.25) is 0 Å². The second-order valence-electron chi connectivity index (χ2n) is 12.1. The van der Waals surface area contributed by atoms with Gasteiger partial charge in [-0.3, -0.25) is 14.5 Å². The summed E-state index contributed by atoms with van der Waals surface area (Å²) >= 11 is 0. The molecule has 7 heteroatoms. The van der Waals surface area contributed by atoms with Crippen LogP contribution in [0.1, 0.15) is 78.6 Å². The number of nitrogens with zero attached hydrogens (tertiary/aromatic N) is 1. The quantitative estimate of drug-likeness (QED) is 0.331. The minimum atomic E-state index is -0.341. The molecule has 1 heterocycles. The molecule has 4 fully saturated rings. The molecule has 36 heavy (non-hydrogen) atoms. The van der Waals surface area contributed by atoms with E-state index in [-0.39, 0.29) is 48.3 Å². The first-order chi connectivity index (χ1) is 17.2. The maximum atomic E-state index is 12.2. The first-order valence-corrected chi connectivity index (χ1v) is 14.1. The second kappa shape index (κ2) is 11.5. The van der Waals surface area contributed by atoms with Crippen LogP contribution in [-0.2, 0) is 28.5 Å². The van der Waals surface area contributed by atoms with Gasteiger partial charge in [0.05, 0.1) is 39.5 Å². The van der Waals surface area contributed by atoms with Gasteiger partial charge in [-0.1, -0.05) is 38.8 Å². The van der Waals surface area contributed by atoms with Gasteiger partial charge in [0.15, 0.2) is 6.29 Å². The first-order valence-electron chi connectivity index (χ1n) is 14.1. The average Bonchev–Trinajstić information content (AvgIpc) is 3.38. The molecule has 0 aromatic heterocycles. The smallest absolute Gasteiger partial charge is 0.320 e. The molecule has 3 saturated carbocycles. The molecule has 0 aromatic rings. The summed E-state index contributed by atoms with van der Waals surface area (Å²) in [7, 11) is 1.38. The molecule has 6 atom stereocenters. The van der Waals surface area contributed by atoms with E-state index >= 15 is 0 Å². The van der Waals surface area contributed by atoms with E-state index in [0.29, 0.717) is 30.9 Å². The number of rotatable bonds is 9. The van der Waals surface area contributed by atoms with Crippen molar-refractivity contribution in [1.29, 1.82) is 0 Å². The van der Waals surface area contributed by atoms with Crippen LogP contribution in [0, 0.1) is 28.6 Å². The number of ether oxygens (including phenoxy) is 4. The van der Waals surface area contributed by atoms with Gasteiger partial charge in [0.1, 0.15) is 0 Å². The molecule has 3 aliphatic carbocycles. The molecule has 1 unspecified atom stereocenters. The topological polar surface area (TPSA) is 74.3 Å². The molecule has 1 saturated heterocycles. The lowest BCUT2D eigenvalue weighted by Crippen LogP contribution is -2.62. The summed E-state index contributed by atoms with van der Waals surface area (Å²) in [6.45, 7) is 13.0. The summed E-state index contributed by atoms with van der Waals surface area (Å²) in [5.41, 5.74) is 1.39. The van der Waals surface area contributed by atoms with Gasteiger partial charge in [-0.15, -0.1) is 0 Å². The molecule has 7 nitrogen and oxygen atoms in total. The number of allylic oxidation sites excluding steroid dienone is 1. The van der Waals surface area contributed by atoms with Crippen LogP contribution < -0.4 is 0 Å². The predicted molar refractivity (Wildman–Crippen MR) is 137 cm³/mol.